The fraction of sp³-hybridized carbons (Fsp3) is 0.667. The van der Waals surface area contributed by atoms with Crippen LogP contribution in [0.5, 0.6) is 0 Å². The Morgan fingerprint density at radius 1 is 1.05 bits per heavy atom. The first-order chi connectivity index (χ1) is 9.83. The molecule has 110 valence electrons. The van der Waals surface area contributed by atoms with Crippen LogP contribution in [0.2, 0.25) is 0 Å². The lowest BCUT2D eigenvalue weighted by molar-refractivity contribution is 0.241. The highest BCUT2D eigenvalue weighted by atomic mass is 15.0. The maximum absolute atomic E-state index is 6.12. The van der Waals surface area contributed by atoms with Crippen LogP contribution in [0.15, 0.2) is 30.3 Å². The maximum atomic E-state index is 6.12. The quantitative estimate of drug-likeness (QED) is 0.806. The summed E-state index contributed by atoms with van der Waals surface area (Å²) in [6, 6.07) is 11.6. The van der Waals surface area contributed by atoms with E-state index in [9.17, 15) is 0 Å². The maximum Gasteiger partial charge on any atom is 0.0143 e. The average Bonchev–Trinajstić information content (AvgIpc) is 3.30. The molecular formula is C18H28N2. The van der Waals surface area contributed by atoms with Crippen molar-refractivity contribution in [1.29, 1.82) is 0 Å². The van der Waals surface area contributed by atoms with Crippen LogP contribution >= 0.6 is 0 Å². The van der Waals surface area contributed by atoms with Gasteiger partial charge in [-0.2, -0.15) is 0 Å². The van der Waals surface area contributed by atoms with Gasteiger partial charge in [0.15, 0.2) is 0 Å². The monoisotopic (exact) mass is 272 g/mol. The zero-order valence-corrected chi connectivity index (χ0v) is 12.5. The second kappa shape index (κ2) is 6.28. The van der Waals surface area contributed by atoms with E-state index >= 15 is 0 Å². The van der Waals surface area contributed by atoms with E-state index in [1.54, 1.807) is 0 Å². The van der Waals surface area contributed by atoms with E-state index < -0.39 is 0 Å². The van der Waals surface area contributed by atoms with E-state index in [4.69, 9.17) is 5.73 Å². The Kier molecular flexibility index (Phi) is 4.42. The second-order valence-corrected chi connectivity index (χ2v) is 6.86. The predicted octanol–water partition coefficient (Wildman–Crippen LogP) is 3.43. The lowest BCUT2D eigenvalue weighted by Gasteiger charge is -2.32. The smallest absolute Gasteiger partial charge is 0.0143 e. The van der Waals surface area contributed by atoms with E-state index in [-0.39, 0.29) is 0 Å². The molecule has 2 aliphatic carbocycles. The Hall–Kier alpha value is -0.860. The molecule has 2 nitrogen and oxygen atoms in total. The molecule has 0 bridgehead atoms. The van der Waals surface area contributed by atoms with Crippen molar-refractivity contribution in [2.24, 2.45) is 11.1 Å². The molecule has 0 amide bonds. The van der Waals surface area contributed by atoms with Gasteiger partial charge in [-0.05, 0) is 36.8 Å². The van der Waals surface area contributed by atoms with Crippen LogP contribution in [0.4, 0.5) is 0 Å². The van der Waals surface area contributed by atoms with Gasteiger partial charge >= 0.3 is 0 Å². The van der Waals surface area contributed by atoms with E-state index in [0.717, 1.165) is 19.0 Å². The summed E-state index contributed by atoms with van der Waals surface area (Å²) in [5, 5.41) is 3.81. The summed E-state index contributed by atoms with van der Waals surface area (Å²) in [6.07, 6.45) is 9.47. The van der Waals surface area contributed by atoms with Crippen molar-refractivity contribution >= 4 is 0 Å². The summed E-state index contributed by atoms with van der Waals surface area (Å²) in [5.41, 5.74) is 7.99. The molecule has 2 fully saturated rings. The van der Waals surface area contributed by atoms with Gasteiger partial charge in [-0.1, -0.05) is 56.0 Å². The Labute approximate surface area is 123 Å². The normalized spacial score (nSPS) is 28.9. The number of hydrogen-bond acceptors (Lipinski definition) is 2. The fourth-order valence-electron chi connectivity index (χ4n) is 3.77. The molecule has 3 N–H and O–H groups in total. The Morgan fingerprint density at radius 2 is 1.75 bits per heavy atom. The summed E-state index contributed by atoms with van der Waals surface area (Å²) in [5.74, 6) is 0.733. The molecule has 0 saturated heterocycles. The van der Waals surface area contributed by atoms with Crippen molar-refractivity contribution in [2.75, 3.05) is 13.1 Å². The zero-order chi connectivity index (χ0) is 13.8. The third kappa shape index (κ3) is 3.24. The third-order valence-electron chi connectivity index (χ3n) is 5.35. The first kappa shape index (κ1) is 14.1. The van der Waals surface area contributed by atoms with E-state index in [1.165, 1.54) is 50.5 Å². The van der Waals surface area contributed by atoms with Crippen molar-refractivity contribution in [3.63, 3.8) is 0 Å². The predicted molar refractivity (Wildman–Crippen MR) is 84.8 cm³/mol. The van der Waals surface area contributed by atoms with Crippen molar-refractivity contribution in [3.05, 3.63) is 35.9 Å². The number of rotatable bonds is 5. The molecule has 0 heterocycles. The molecule has 2 unspecified atom stereocenters. The van der Waals surface area contributed by atoms with Gasteiger partial charge in [-0.3, -0.25) is 0 Å². The van der Waals surface area contributed by atoms with Crippen LogP contribution in [0.1, 0.15) is 56.4 Å². The second-order valence-electron chi connectivity index (χ2n) is 6.86. The van der Waals surface area contributed by atoms with Crippen LogP contribution < -0.4 is 11.1 Å². The van der Waals surface area contributed by atoms with Gasteiger partial charge in [0.25, 0.3) is 0 Å². The zero-order valence-electron chi connectivity index (χ0n) is 12.5. The molecule has 0 radical (unpaired) electrons. The lowest BCUT2D eigenvalue weighted by atomic mass is 9.80. The van der Waals surface area contributed by atoms with Crippen LogP contribution in [0.3, 0.4) is 0 Å². The summed E-state index contributed by atoms with van der Waals surface area (Å²) in [7, 11) is 0. The summed E-state index contributed by atoms with van der Waals surface area (Å²) in [4.78, 5) is 0. The number of nitrogens with one attached hydrogen (secondary N) is 1. The summed E-state index contributed by atoms with van der Waals surface area (Å²) in [6.45, 7) is 1.97. The molecule has 1 aromatic carbocycles. The number of hydrogen-bond donors (Lipinski definition) is 2. The fourth-order valence-corrected chi connectivity index (χ4v) is 3.77. The van der Waals surface area contributed by atoms with Crippen LogP contribution in [-0.2, 0) is 0 Å². The Bertz CT molecular complexity index is 407. The molecule has 3 rings (SSSR count). The minimum Gasteiger partial charge on any atom is -0.330 e. The molecule has 2 heteroatoms. The Balaban J connectivity index is 1.52. The molecule has 1 aromatic rings. The van der Waals surface area contributed by atoms with E-state index in [1.807, 2.05) is 0 Å². The molecule has 2 saturated carbocycles. The summed E-state index contributed by atoms with van der Waals surface area (Å²) < 4.78 is 0. The van der Waals surface area contributed by atoms with E-state index in [0.29, 0.717) is 11.5 Å². The molecule has 0 aliphatic heterocycles. The highest BCUT2D eigenvalue weighted by molar-refractivity contribution is 5.27. The van der Waals surface area contributed by atoms with Crippen molar-refractivity contribution in [1.82, 2.24) is 5.32 Å². The van der Waals surface area contributed by atoms with Crippen molar-refractivity contribution in [3.8, 4) is 0 Å². The topological polar surface area (TPSA) is 38.0 Å². The van der Waals surface area contributed by atoms with Crippen LogP contribution in [0.25, 0.3) is 0 Å². The van der Waals surface area contributed by atoms with Gasteiger partial charge in [0.05, 0.1) is 0 Å². The molecular weight excluding hydrogens is 244 g/mol. The van der Waals surface area contributed by atoms with Crippen molar-refractivity contribution < 1.29 is 0 Å². The number of nitrogens with two attached hydrogens (primary N) is 1. The first-order valence-corrected chi connectivity index (χ1v) is 8.31. The molecule has 0 spiro atoms. The van der Waals surface area contributed by atoms with Gasteiger partial charge in [0.1, 0.15) is 0 Å². The van der Waals surface area contributed by atoms with Gasteiger partial charge in [-0.25, -0.2) is 0 Å². The molecule has 2 aliphatic rings. The van der Waals surface area contributed by atoms with Crippen molar-refractivity contribution in [2.45, 2.75) is 56.9 Å². The van der Waals surface area contributed by atoms with Gasteiger partial charge in [-0.15, -0.1) is 0 Å². The summed E-state index contributed by atoms with van der Waals surface area (Å²) >= 11 is 0. The molecule has 0 aromatic heterocycles. The highest BCUT2D eigenvalue weighted by Crippen LogP contribution is 2.42. The molecule has 20 heavy (non-hydrogen) atoms. The average molecular weight is 272 g/mol. The first-order valence-electron chi connectivity index (χ1n) is 8.31. The molecule has 2 atom stereocenters. The van der Waals surface area contributed by atoms with Gasteiger partial charge < -0.3 is 11.1 Å². The lowest BCUT2D eigenvalue weighted by Crippen LogP contribution is -2.41. The SMILES string of the molecule is NCC1(CNC2CC2c2ccccc2)CCCCCC1. The van der Waals surface area contributed by atoms with Gasteiger partial charge in [0, 0.05) is 18.5 Å². The standard InChI is InChI=1S/C18H28N2/c19-13-18(10-6-1-2-7-11-18)14-20-17-12-16(17)15-8-4-3-5-9-15/h3-5,8-9,16-17,20H,1-2,6-7,10-14,19H2. The minimum absolute atomic E-state index is 0.375. The van der Waals surface area contributed by atoms with Crippen LogP contribution in [-0.4, -0.2) is 19.1 Å². The largest absolute Gasteiger partial charge is 0.330 e. The van der Waals surface area contributed by atoms with Crippen LogP contribution in [0, 0.1) is 5.41 Å². The highest BCUT2D eigenvalue weighted by Gasteiger charge is 2.40. The number of benzene rings is 1. The van der Waals surface area contributed by atoms with E-state index in [2.05, 4.69) is 35.6 Å². The Morgan fingerprint density at radius 3 is 2.40 bits per heavy atom. The van der Waals surface area contributed by atoms with Gasteiger partial charge in [0.2, 0.25) is 0 Å². The third-order valence-corrected chi connectivity index (χ3v) is 5.35. The minimum atomic E-state index is 0.375.